The van der Waals surface area contributed by atoms with Crippen LogP contribution in [0.4, 0.5) is 0 Å². The van der Waals surface area contributed by atoms with Crippen molar-refractivity contribution in [3.8, 4) is 0 Å². The van der Waals surface area contributed by atoms with Gasteiger partial charge in [0.05, 0.1) is 6.10 Å². The van der Waals surface area contributed by atoms with Crippen LogP contribution in [0.15, 0.2) is 24.3 Å². The number of aryl methyl sites for hydroxylation is 1. The summed E-state index contributed by atoms with van der Waals surface area (Å²) in [7, 11) is 0. The normalized spacial score (nSPS) is 22.9. The second-order valence-corrected chi connectivity index (χ2v) is 4.37. The van der Waals surface area contributed by atoms with Gasteiger partial charge < -0.3 is 5.11 Å². The third kappa shape index (κ3) is 1.98. The maximum atomic E-state index is 9.43. The number of aliphatic hydroxyl groups excluding tert-OH is 1. The molecule has 0 spiro atoms. The Bertz CT molecular complexity index is 304. The van der Waals surface area contributed by atoms with Crippen molar-refractivity contribution in [2.75, 3.05) is 0 Å². The van der Waals surface area contributed by atoms with Gasteiger partial charge in [0.2, 0.25) is 0 Å². The van der Waals surface area contributed by atoms with E-state index in [4.69, 9.17) is 0 Å². The SMILES string of the molecule is CC(O)CC1CCCc2ccccc21. The highest BCUT2D eigenvalue weighted by molar-refractivity contribution is 5.32. The molecule has 0 bridgehead atoms. The van der Waals surface area contributed by atoms with Crippen molar-refractivity contribution in [1.29, 1.82) is 0 Å². The van der Waals surface area contributed by atoms with Crippen molar-refractivity contribution >= 4 is 0 Å². The first-order chi connectivity index (χ1) is 6.77. The fourth-order valence-corrected chi connectivity index (χ4v) is 2.51. The van der Waals surface area contributed by atoms with E-state index < -0.39 is 0 Å². The van der Waals surface area contributed by atoms with Crippen LogP contribution in [0.3, 0.4) is 0 Å². The Hall–Kier alpha value is -0.820. The number of fused-ring (bicyclic) bond motifs is 1. The third-order valence-electron chi connectivity index (χ3n) is 3.12. The van der Waals surface area contributed by atoms with Crippen molar-refractivity contribution in [2.45, 2.75) is 44.6 Å². The van der Waals surface area contributed by atoms with Gasteiger partial charge in [0.1, 0.15) is 0 Å². The molecule has 1 aromatic carbocycles. The van der Waals surface area contributed by atoms with Gasteiger partial charge in [0.25, 0.3) is 0 Å². The van der Waals surface area contributed by atoms with Gasteiger partial charge in [-0.15, -0.1) is 0 Å². The van der Waals surface area contributed by atoms with E-state index in [0.717, 1.165) is 6.42 Å². The molecule has 2 atom stereocenters. The second-order valence-electron chi connectivity index (χ2n) is 4.37. The summed E-state index contributed by atoms with van der Waals surface area (Å²) in [5.74, 6) is 0.583. The van der Waals surface area contributed by atoms with Crippen LogP contribution in [0.1, 0.15) is 43.2 Å². The predicted molar refractivity (Wildman–Crippen MR) is 58.4 cm³/mol. The topological polar surface area (TPSA) is 20.2 Å². The monoisotopic (exact) mass is 190 g/mol. The van der Waals surface area contributed by atoms with Gasteiger partial charge in [-0.05, 0) is 49.7 Å². The molecule has 0 radical (unpaired) electrons. The lowest BCUT2D eigenvalue weighted by Gasteiger charge is -2.26. The average molecular weight is 190 g/mol. The van der Waals surface area contributed by atoms with Crippen molar-refractivity contribution in [1.82, 2.24) is 0 Å². The van der Waals surface area contributed by atoms with Gasteiger partial charge in [-0.2, -0.15) is 0 Å². The van der Waals surface area contributed by atoms with Gasteiger partial charge in [0.15, 0.2) is 0 Å². The Kier molecular flexibility index (Phi) is 2.87. The van der Waals surface area contributed by atoms with Crippen LogP contribution in [0.5, 0.6) is 0 Å². The number of hydrogen-bond donors (Lipinski definition) is 1. The Morgan fingerprint density at radius 1 is 1.43 bits per heavy atom. The van der Waals surface area contributed by atoms with Crippen LogP contribution in [-0.2, 0) is 6.42 Å². The highest BCUT2D eigenvalue weighted by atomic mass is 16.3. The highest BCUT2D eigenvalue weighted by Crippen LogP contribution is 2.34. The zero-order valence-electron chi connectivity index (χ0n) is 8.74. The van der Waals surface area contributed by atoms with Crippen LogP contribution in [0.2, 0.25) is 0 Å². The number of aliphatic hydroxyl groups is 1. The fraction of sp³-hybridized carbons (Fsp3) is 0.538. The molecule has 0 saturated carbocycles. The summed E-state index contributed by atoms with van der Waals surface area (Å²) in [5.41, 5.74) is 2.96. The van der Waals surface area contributed by atoms with Crippen molar-refractivity contribution in [2.24, 2.45) is 0 Å². The molecule has 1 N–H and O–H groups in total. The summed E-state index contributed by atoms with van der Waals surface area (Å²) in [4.78, 5) is 0. The molecule has 1 nitrogen and oxygen atoms in total. The van der Waals surface area contributed by atoms with Crippen molar-refractivity contribution in [3.63, 3.8) is 0 Å². The lowest BCUT2D eigenvalue weighted by molar-refractivity contribution is 0.171. The van der Waals surface area contributed by atoms with E-state index in [2.05, 4.69) is 24.3 Å². The van der Waals surface area contributed by atoms with Crippen LogP contribution in [0.25, 0.3) is 0 Å². The Labute approximate surface area is 85.8 Å². The molecule has 0 heterocycles. The van der Waals surface area contributed by atoms with E-state index >= 15 is 0 Å². The summed E-state index contributed by atoms with van der Waals surface area (Å²) in [6, 6.07) is 8.67. The van der Waals surface area contributed by atoms with E-state index in [1.54, 1.807) is 0 Å². The van der Waals surface area contributed by atoms with Gasteiger partial charge in [0, 0.05) is 0 Å². The first-order valence-corrected chi connectivity index (χ1v) is 5.53. The lowest BCUT2D eigenvalue weighted by atomic mass is 9.80. The molecule has 0 aromatic heterocycles. The smallest absolute Gasteiger partial charge is 0.0517 e. The molecule has 0 amide bonds. The molecular weight excluding hydrogens is 172 g/mol. The standard InChI is InChI=1S/C13H18O/c1-10(14)9-12-7-4-6-11-5-2-3-8-13(11)12/h2-3,5,8,10,12,14H,4,6-7,9H2,1H3. The molecule has 2 rings (SSSR count). The van der Waals surface area contributed by atoms with E-state index in [1.807, 2.05) is 6.92 Å². The van der Waals surface area contributed by atoms with Crippen LogP contribution in [0, 0.1) is 0 Å². The summed E-state index contributed by atoms with van der Waals surface area (Å²) >= 11 is 0. The minimum atomic E-state index is -0.175. The van der Waals surface area contributed by atoms with E-state index in [0.29, 0.717) is 5.92 Å². The zero-order chi connectivity index (χ0) is 9.97. The van der Waals surface area contributed by atoms with Gasteiger partial charge in [-0.3, -0.25) is 0 Å². The van der Waals surface area contributed by atoms with Crippen molar-refractivity contribution in [3.05, 3.63) is 35.4 Å². The van der Waals surface area contributed by atoms with Crippen LogP contribution < -0.4 is 0 Å². The number of rotatable bonds is 2. The molecule has 2 unspecified atom stereocenters. The molecule has 76 valence electrons. The average Bonchev–Trinajstić information content (AvgIpc) is 2.18. The summed E-state index contributed by atoms with van der Waals surface area (Å²) < 4.78 is 0. The Balaban J connectivity index is 2.22. The quantitative estimate of drug-likeness (QED) is 0.760. The molecule has 1 aromatic rings. The van der Waals surface area contributed by atoms with E-state index in [-0.39, 0.29) is 6.10 Å². The first-order valence-electron chi connectivity index (χ1n) is 5.53. The van der Waals surface area contributed by atoms with Gasteiger partial charge >= 0.3 is 0 Å². The Morgan fingerprint density at radius 3 is 3.00 bits per heavy atom. The molecule has 0 aliphatic heterocycles. The summed E-state index contributed by atoms with van der Waals surface area (Å²) in [6.45, 7) is 1.89. The predicted octanol–water partition coefficient (Wildman–Crippen LogP) is 2.88. The van der Waals surface area contributed by atoms with Crippen molar-refractivity contribution < 1.29 is 5.11 Å². The minimum Gasteiger partial charge on any atom is -0.393 e. The second kappa shape index (κ2) is 4.14. The lowest BCUT2D eigenvalue weighted by Crippen LogP contribution is -2.14. The molecule has 0 saturated heterocycles. The fourth-order valence-electron chi connectivity index (χ4n) is 2.51. The molecular formula is C13H18O. The summed E-state index contributed by atoms with van der Waals surface area (Å²) in [6.07, 6.45) is 4.46. The molecule has 1 aliphatic rings. The highest BCUT2D eigenvalue weighted by Gasteiger charge is 2.20. The van der Waals surface area contributed by atoms with E-state index in [1.165, 1.54) is 30.4 Å². The first kappa shape index (κ1) is 9.72. The van der Waals surface area contributed by atoms with E-state index in [9.17, 15) is 5.11 Å². The number of benzene rings is 1. The Morgan fingerprint density at radius 2 is 2.21 bits per heavy atom. The van der Waals surface area contributed by atoms with Crippen LogP contribution >= 0.6 is 0 Å². The molecule has 1 aliphatic carbocycles. The molecule has 1 heteroatoms. The summed E-state index contributed by atoms with van der Waals surface area (Å²) in [5, 5.41) is 9.43. The van der Waals surface area contributed by atoms with Crippen LogP contribution in [-0.4, -0.2) is 11.2 Å². The maximum absolute atomic E-state index is 9.43. The zero-order valence-corrected chi connectivity index (χ0v) is 8.74. The van der Waals surface area contributed by atoms with Gasteiger partial charge in [-0.1, -0.05) is 24.3 Å². The van der Waals surface area contributed by atoms with Gasteiger partial charge in [-0.25, -0.2) is 0 Å². The largest absolute Gasteiger partial charge is 0.393 e. The maximum Gasteiger partial charge on any atom is 0.0517 e. The number of hydrogen-bond acceptors (Lipinski definition) is 1. The third-order valence-corrected chi connectivity index (χ3v) is 3.12. The molecule has 14 heavy (non-hydrogen) atoms. The minimum absolute atomic E-state index is 0.175. The molecule has 0 fully saturated rings.